The summed E-state index contributed by atoms with van der Waals surface area (Å²) in [6, 6.07) is 0. The topological polar surface area (TPSA) is 84.1 Å². The number of nitrogens with zero attached hydrogens (tertiary/aromatic N) is 4. The number of rotatable bonds is 7. The van der Waals surface area contributed by atoms with E-state index in [0.717, 1.165) is 45.8 Å². The molecule has 148 valence electrons. The van der Waals surface area contributed by atoms with Crippen molar-refractivity contribution in [3.63, 3.8) is 0 Å². The predicted octanol–water partition coefficient (Wildman–Crippen LogP) is 0.554. The minimum atomic E-state index is -0.695. The van der Waals surface area contributed by atoms with Gasteiger partial charge in [0.15, 0.2) is 5.82 Å². The summed E-state index contributed by atoms with van der Waals surface area (Å²) in [5.74, 6) is 1.31. The average molecular weight is 368 g/mol. The molecule has 8 heteroatoms. The van der Waals surface area contributed by atoms with E-state index in [-0.39, 0.29) is 5.41 Å². The lowest BCUT2D eigenvalue weighted by Crippen LogP contribution is -2.62. The van der Waals surface area contributed by atoms with E-state index in [9.17, 15) is 5.11 Å². The average Bonchev–Trinajstić information content (AvgIpc) is 3.05. The summed E-state index contributed by atoms with van der Waals surface area (Å²) in [4.78, 5) is 9.05. The molecule has 2 aliphatic heterocycles. The Balaban J connectivity index is 1.56. The molecule has 3 heterocycles. The van der Waals surface area contributed by atoms with Crippen LogP contribution in [0, 0.1) is 5.41 Å². The summed E-state index contributed by atoms with van der Waals surface area (Å²) in [7, 11) is 1.66. The van der Waals surface area contributed by atoms with Crippen LogP contribution in [-0.2, 0) is 22.4 Å². The van der Waals surface area contributed by atoms with E-state index in [1.54, 1.807) is 7.11 Å². The van der Waals surface area contributed by atoms with E-state index in [2.05, 4.69) is 33.8 Å². The second-order valence-electron chi connectivity index (χ2n) is 8.11. The number of ether oxygens (including phenoxy) is 2. The third-order valence-corrected chi connectivity index (χ3v) is 5.71. The Bertz CT molecular complexity index is 573. The molecule has 0 unspecified atom stereocenters. The van der Waals surface area contributed by atoms with Crippen LogP contribution in [0.4, 0.5) is 0 Å². The molecule has 1 aromatic heterocycles. The summed E-state index contributed by atoms with van der Waals surface area (Å²) in [6.07, 6.45) is 1.40. The highest BCUT2D eigenvalue weighted by atomic mass is 16.5. The molecule has 1 atom stereocenters. The summed E-state index contributed by atoms with van der Waals surface area (Å²) >= 11 is 0. The molecule has 0 radical (unpaired) electrons. The van der Waals surface area contributed by atoms with Gasteiger partial charge in [0.05, 0.1) is 32.0 Å². The van der Waals surface area contributed by atoms with Gasteiger partial charge in [-0.15, -0.1) is 0 Å². The number of methoxy groups -OCH3 is 1. The van der Waals surface area contributed by atoms with Crippen LogP contribution in [-0.4, -0.2) is 90.3 Å². The molecule has 0 saturated carbocycles. The molecule has 0 amide bonds. The molecular formula is C18H32N4O4. The van der Waals surface area contributed by atoms with Crippen LogP contribution in [0.3, 0.4) is 0 Å². The quantitative estimate of drug-likeness (QED) is 0.747. The first kappa shape index (κ1) is 19.7. The Morgan fingerprint density at radius 2 is 1.96 bits per heavy atom. The van der Waals surface area contributed by atoms with Gasteiger partial charge < -0.3 is 19.1 Å². The van der Waals surface area contributed by atoms with E-state index in [4.69, 9.17) is 14.0 Å². The molecule has 0 aromatic carbocycles. The van der Waals surface area contributed by atoms with Crippen molar-refractivity contribution in [1.29, 1.82) is 0 Å². The number of piperidine rings is 1. The van der Waals surface area contributed by atoms with Crippen molar-refractivity contribution in [3.05, 3.63) is 11.7 Å². The molecule has 0 spiro atoms. The molecule has 26 heavy (non-hydrogen) atoms. The summed E-state index contributed by atoms with van der Waals surface area (Å²) in [5, 5.41) is 15.4. The Labute approximate surface area is 155 Å². The van der Waals surface area contributed by atoms with Crippen molar-refractivity contribution in [2.75, 3.05) is 59.7 Å². The molecule has 0 aliphatic carbocycles. The van der Waals surface area contributed by atoms with Crippen molar-refractivity contribution in [3.8, 4) is 0 Å². The van der Waals surface area contributed by atoms with Gasteiger partial charge in [-0.05, 0) is 6.42 Å². The first-order chi connectivity index (χ1) is 12.4. The number of hydrogen-bond donors (Lipinski definition) is 1. The molecule has 2 saturated heterocycles. The number of β-amino-alcohol motifs (C(OH)–C–C–N with tert-alkyl or cyclic N) is 1. The van der Waals surface area contributed by atoms with Crippen LogP contribution in [0.15, 0.2) is 4.52 Å². The maximum Gasteiger partial charge on any atom is 0.240 e. The van der Waals surface area contributed by atoms with E-state index in [1.807, 2.05) is 0 Å². The van der Waals surface area contributed by atoms with E-state index < -0.39 is 5.60 Å². The van der Waals surface area contributed by atoms with E-state index in [1.165, 1.54) is 0 Å². The van der Waals surface area contributed by atoms with Crippen LogP contribution in [0.1, 0.15) is 32.0 Å². The molecule has 2 aliphatic rings. The minimum Gasteiger partial charge on any atom is -0.388 e. The molecule has 1 N–H and O–H groups in total. The SMILES string of the molecule is COCCc1noc(CN2CC[C@](O)(CN3CCOCC3)C(C)(C)C2)n1. The maximum atomic E-state index is 11.4. The van der Waals surface area contributed by atoms with Crippen molar-refractivity contribution < 1.29 is 19.1 Å². The molecule has 8 nitrogen and oxygen atoms in total. The molecule has 3 rings (SSSR count). The zero-order chi connectivity index (χ0) is 18.6. The van der Waals surface area contributed by atoms with Gasteiger partial charge in [0.2, 0.25) is 5.89 Å². The van der Waals surface area contributed by atoms with Crippen molar-refractivity contribution in [1.82, 2.24) is 19.9 Å². The lowest BCUT2D eigenvalue weighted by atomic mass is 9.69. The summed E-state index contributed by atoms with van der Waals surface area (Å²) in [5.41, 5.74) is -0.915. The number of morpholine rings is 1. The second-order valence-corrected chi connectivity index (χ2v) is 8.11. The molecular weight excluding hydrogens is 336 g/mol. The molecule has 0 bridgehead atoms. The zero-order valence-corrected chi connectivity index (χ0v) is 16.2. The predicted molar refractivity (Wildman–Crippen MR) is 95.8 cm³/mol. The molecule has 2 fully saturated rings. The van der Waals surface area contributed by atoms with Crippen LogP contribution in [0.5, 0.6) is 0 Å². The van der Waals surface area contributed by atoms with E-state index >= 15 is 0 Å². The standard InChI is InChI=1S/C18H32N4O4/c1-17(2)13-22(12-16-19-15(20-26-16)4-9-24-3)6-5-18(17,23)14-21-7-10-25-11-8-21/h23H,4-14H2,1-3H3/t18-/m0/s1. The number of likely N-dealkylation sites (tertiary alicyclic amines) is 1. The van der Waals surface area contributed by atoms with Gasteiger partial charge in [0.25, 0.3) is 0 Å². The normalized spacial score (nSPS) is 27.7. The highest BCUT2D eigenvalue weighted by Crippen LogP contribution is 2.39. The van der Waals surface area contributed by atoms with Gasteiger partial charge in [-0.25, -0.2) is 0 Å². The number of hydrogen-bond acceptors (Lipinski definition) is 8. The van der Waals surface area contributed by atoms with Gasteiger partial charge in [0, 0.05) is 51.7 Å². The monoisotopic (exact) mass is 368 g/mol. The second kappa shape index (κ2) is 8.31. The van der Waals surface area contributed by atoms with Crippen molar-refractivity contribution in [2.24, 2.45) is 5.41 Å². The fourth-order valence-corrected chi connectivity index (χ4v) is 3.86. The zero-order valence-electron chi connectivity index (χ0n) is 16.2. The highest BCUT2D eigenvalue weighted by molar-refractivity contribution is 5.02. The molecule has 1 aromatic rings. The van der Waals surface area contributed by atoms with Gasteiger partial charge in [-0.2, -0.15) is 4.98 Å². The Hall–Kier alpha value is -1.06. The van der Waals surface area contributed by atoms with Gasteiger partial charge in [-0.3, -0.25) is 9.80 Å². The largest absolute Gasteiger partial charge is 0.388 e. The van der Waals surface area contributed by atoms with E-state index in [0.29, 0.717) is 37.8 Å². The van der Waals surface area contributed by atoms with Crippen molar-refractivity contribution >= 4 is 0 Å². The lowest BCUT2D eigenvalue weighted by molar-refractivity contribution is -0.141. The van der Waals surface area contributed by atoms with Crippen LogP contribution in [0.2, 0.25) is 0 Å². The summed E-state index contributed by atoms with van der Waals surface area (Å²) in [6.45, 7) is 11.1. The fourth-order valence-electron chi connectivity index (χ4n) is 3.86. The Kier molecular flexibility index (Phi) is 6.29. The first-order valence-electron chi connectivity index (χ1n) is 9.47. The van der Waals surface area contributed by atoms with Crippen LogP contribution >= 0.6 is 0 Å². The van der Waals surface area contributed by atoms with Gasteiger partial charge >= 0.3 is 0 Å². The van der Waals surface area contributed by atoms with Crippen LogP contribution in [0.25, 0.3) is 0 Å². The van der Waals surface area contributed by atoms with Crippen LogP contribution < -0.4 is 0 Å². The Morgan fingerprint density at radius 1 is 1.19 bits per heavy atom. The van der Waals surface area contributed by atoms with Gasteiger partial charge in [-0.1, -0.05) is 19.0 Å². The number of aromatic nitrogens is 2. The third kappa shape index (κ3) is 4.61. The first-order valence-corrected chi connectivity index (χ1v) is 9.47. The highest BCUT2D eigenvalue weighted by Gasteiger charge is 2.48. The third-order valence-electron chi connectivity index (χ3n) is 5.71. The maximum absolute atomic E-state index is 11.4. The summed E-state index contributed by atoms with van der Waals surface area (Å²) < 4.78 is 15.8. The van der Waals surface area contributed by atoms with Gasteiger partial charge in [0.1, 0.15) is 0 Å². The smallest absolute Gasteiger partial charge is 0.240 e. The Morgan fingerprint density at radius 3 is 2.65 bits per heavy atom. The number of aliphatic hydroxyl groups is 1. The fraction of sp³-hybridized carbons (Fsp3) is 0.889. The minimum absolute atomic E-state index is 0.220. The van der Waals surface area contributed by atoms with Crippen molar-refractivity contribution in [2.45, 2.75) is 38.8 Å². The lowest BCUT2D eigenvalue weighted by Gasteiger charge is -2.52.